The molecule has 0 atom stereocenters. The average molecular weight is 222 g/mol. The Morgan fingerprint density at radius 1 is 1.43 bits per heavy atom. The first-order valence-corrected chi connectivity index (χ1v) is 6.09. The number of unbranched alkanes of at least 4 members (excludes halogenated alkanes) is 1. The quantitative estimate of drug-likeness (QED) is 0.304. The Hall–Kier alpha value is -0.640. The second-order valence-corrected chi connectivity index (χ2v) is 4.54. The van der Waals surface area contributed by atoms with Gasteiger partial charge in [-0.1, -0.05) is 6.08 Å². The summed E-state index contributed by atoms with van der Waals surface area (Å²) in [5.74, 6) is -0.427. The van der Waals surface area contributed by atoms with Gasteiger partial charge in [-0.15, -0.1) is 0 Å². The standard InChI is InChI=1S/C8H15O5P/c1-2-5-8(9)13-6-3-4-7-14(10,11)12/h2,5H,3-4,6-7H2,1H3,(H2,10,11,12). The van der Waals surface area contributed by atoms with Gasteiger partial charge in [-0.05, 0) is 19.8 Å². The minimum absolute atomic E-state index is 0.159. The van der Waals surface area contributed by atoms with Gasteiger partial charge in [-0.2, -0.15) is 0 Å². The molecule has 0 amide bonds. The van der Waals surface area contributed by atoms with E-state index in [0.29, 0.717) is 12.8 Å². The highest BCUT2D eigenvalue weighted by Gasteiger charge is 2.11. The fourth-order valence-corrected chi connectivity index (χ4v) is 1.41. The van der Waals surface area contributed by atoms with E-state index >= 15 is 0 Å². The summed E-state index contributed by atoms with van der Waals surface area (Å²) < 4.78 is 15.1. The van der Waals surface area contributed by atoms with Crippen LogP contribution in [0.2, 0.25) is 0 Å². The van der Waals surface area contributed by atoms with Crippen LogP contribution in [-0.4, -0.2) is 28.5 Å². The minimum atomic E-state index is -3.90. The molecule has 14 heavy (non-hydrogen) atoms. The first kappa shape index (κ1) is 13.4. The molecule has 0 aliphatic heterocycles. The molecule has 0 bridgehead atoms. The molecule has 0 saturated carbocycles. The van der Waals surface area contributed by atoms with Gasteiger partial charge < -0.3 is 14.5 Å². The molecule has 0 rings (SSSR count). The van der Waals surface area contributed by atoms with Crippen molar-refractivity contribution in [3.8, 4) is 0 Å². The smallest absolute Gasteiger partial charge is 0.330 e. The predicted molar refractivity (Wildman–Crippen MR) is 51.9 cm³/mol. The van der Waals surface area contributed by atoms with Gasteiger partial charge in [-0.25, -0.2) is 4.79 Å². The molecule has 0 saturated heterocycles. The van der Waals surface area contributed by atoms with Crippen LogP contribution in [-0.2, 0) is 14.1 Å². The third-order valence-electron chi connectivity index (χ3n) is 1.39. The number of esters is 1. The van der Waals surface area contributed by atoms with Crippen molar-refractivity contribution in [3.05, 3.63) is 12.2 Å². The first-order valence-electron chi connectivity index (χ1n) is 4.30. The SMILES string of the molecule is CC=CC(=O)OCCCCP(=O)(O)O. The van der Waals surface area contributed by atoms with E-state index in [1.54, 1.807) is 13.0 Å². The summed E-state index contributed by atoms with van der Waals surface area (Å²) in [5, 5.41) is 0. The third kappa shape index (κ3) is 9.45. The zero-order chi connectivity index (χ0) is 11.0. The molecular weight excluding hydrogens is 207 g/mol. The Morgan fingerprint density at radius 3 is 2.57 bits per heavy atom. The molecular formula is C8H15O5P. The number of carbonyl (C=O) groups excluding carboxylic acids is 1. The maximum Gasteiger partial charge on any atom is 0.330 e. The largest absolute Gasteiger partial charge is 0.463 e. The normalized spacial score (nSPS) is 11.9. The van der Waals surface area contributed by atoms with Crippen LogP contribution in [0.3, 0.4) is 0 Å². The lowest BCUT2D eigenvalue weighted by molar-refractivity contribution is -0.137. The Bertz CT molecular complexity index is 242. The molecule has 0 aromatic rings. The fourth-order valence-electron chi connectivity index (χ4n) is 0.777. The van der Waals surface area contributed by atoms with E-state index in [1.807, 2.05) is 0 Å². The molecule has 0 spiro atoms. The molecule has 0 heterocycles. The third-order valence-corrected chi connectivity index (χ3v) is 2.29. The zero-order valence-corrected chi connectivity index (χ0v) is 8.94. The number of rotatable bonds is 6. The lowest BCUT2D eigenvalue weighted by Crippen LogP contribution is -2.02. The van der Waals surface area contributed by atoms with Crippen LogP contribution in [0.5, 0.6) is 0 Å². The summed E-state index contributed by atoms with van der Waals surface area (Å²) >= 11 is 0. The van der Waals surface area contributed by atoms with Crippen LogP contribution in [0.4, 0.5) is 0 Å². The zero-order valence-electron chi connectivity index (χ0n) is 8.05. The summed E-state index contributed by atoms with van der Waals surface area (Å²) in [6.45, 7) is 1.90. The van der Waals surface area contributed by atoms with Crippen molar-refractivity contribution in [1.82, 2.24) is 0 Å². The van der Waals surface area contributed by atoms with Crippen molar-refractivity contribution in [2.24, 2.45) is 0 Å². The molecule has 0 fully saturated rings. The van der Waals surface area contributed by atoms with Gasteiger partial charge in [0.05, 0.1) is 6.61 Å². The summed E-state index contributed by atoms with van der Waals surface area (Å²) in [7, 11) is -3.90. The highest BCUT2D eigenvalue weighted by molar-refractivity contribution is 7.51. The highest BCUT2D eigenvalue weighted by Crippen LogP contribution is 2.35. The van der Waals surface area contributed by atoms with Gasteiger partial charge in [-0.3, -0.25) is 4.57 Å². The van der Waals surface area contributed by atoms with Crippen LogP contribution in [0.1, 0.15) is 19.8 Å². The van der Waals surface area contributed by atoms with Crippen LogP contribution >= 0.6 is 7.60 Å². The van der Waals surface area contributed by atoms with E-state index in [0.717, 1.165) is 0 Å². The van der Waals surface area contributed by atoms with E-state index in [-0.39, 0.29) is 12.8 Å². The van der Waals surface area contributed by atoms with Crippen LogP contribution in [0.25, 0.3) is 0 Å². The molecule has 0 radical (unpaired) electrons. The number of ether oxygens (including phenoxy) is 1. The minimum Gasteiger partial charge on any atom is -0.463 e. The Morgan fingerprint density at radius 2 is 2.07 bits per heavy atom. The molecule has 2 N–H and O–H groups in total. The van der Waals surface area contributed by atoms with E-state index in [9.17, 15) is 9.36 Å². The number of hydrogen-bond acceptors (Lipinski definition) is 3. The molecule has 0 unspecified atom stereocenters. The summed E-state index contributed by atoms with van der Waals surface area (Å²) in [4.78, 5) is 27.7. The molecule has 6 heteroatoms. The van der Waals surface area contributed by atoms with Crippen LogP contribution in [0.15, 0.2) is 12.2 Å². The van der Waals surface area contributed by atoms with Crippen molar-refractivity contribution in [3.63, 3.8) is 0 Å². The van der Waals surface area contributed by atoms with E-state index in [1.165, 1.54) is 6.08 Å². The number of hydrogen-bond donors (Lipinski definition) is 2. The van der Waals surface area contributed by atoms with Gasteiger partial charge in [0.15, 0.2) is 0 Å². The maximum atomic E-state index is 10.7. The average Bonchev–Trinajstić information content (AvgIpc) is 2.02. The summed E-state index contributed by atoms with van der Waals surface area (Å²) in [5.41, 5.74) is 0. The Labute approximate surface area is 82.9 Å². The van der Waals surface area contributed by atoms with Gasteiger partial charge in [0.2, 0.25) is 0 Å². The number of carbonyl (C=O) groups is 1. The second kappa shape index (κ2) is 6.76. The van der Waals surface area contributed by atoms with Gasteiger partial charge >= 0.3 is 13.6 Å². The molecule has 82 valence electrons. The van der Waals surface area contributed by atoms with Crippen molar-refractivity contribution in [2.45, 2.75) is 19.8 Å². The first-order chi connectivity index (χ1) is 6.45. The molecule has 0 aromatic heterocycles. The van der Waals surface area contributed by atoms with Gasteiger partial charge in [0.25, 0.3) is 0 Å². The molecule has 5 nitrogen and oxygen atoms in total. The summed E-state index contributed by atoms with van der Waals surface area (Å²) in [6.07, 6.45) is 3.52. The lowest BCUT2D eigenvalue weighted by atomic mass is 10.4. The van der Waals surface area contributed by atoms with E-state index in [2.05, 4.69) is 0 Å². The molecule has 0 aliphatic rings. The van der Waals surface area contributed by atoms with Crippen molar-refractivity contribution < 1.29 is 23.9 Å². The second-order valence-electron chi connectivity index (χ2n) is 2.76. The van der Waals surface area contributed by atoms with Crippen molar-refractivity contribution >= 4 is 13.6 Å². The Kier molecular flexibility index (Phi) is 6.45. The highest BCUT2D eigenvalue weighted by atomic mass is 31.2. The van der Waals surface area contributed by atoms with Gasteiger partial charge in [0.1, 0.15) is 0 Å². The van der Waals surface area contributed by atoms with Crippen molar-refractivity contribution in [1.29, 1.82) is 0 Å². The molecule has 0 aromatic carbocycles. The van der Waals surface area contributed by atoms with E-state index < -0.39 is 13.6 Å². The fraction of sp³-hybridized carbons (Fsp3) is 0.625. The number of allylic oxidation sites excluding steroid dienone is 1. The van der Waals surface area contributed by atoms with Gasteiger partial charge in [0, 0.05) is 12.2 Å². The van der Waals surface area contributed by atoms with Crippen LogP contribution < -0.4 is 0 Å². The Balaban J connectivity index is 3.39. The maximum absolute atomic E-state index is 10.7. The molecule has 0 aliphatic carbocycles. The lowest BCUT2D eigenvalue weighted by Gasteiger charge is -2.03. The van der Waals surface area contributed by atoms with E-state index in [4.69, 9.17) is 14.5 Å². The van der Waals surface area contributed by atoms with Crippen molar-refractivity contribution in [2.75, 3.05) is 12.8 Å². The summed E-state index contributed by atoms with van der Waals surface area (Å²) in [6, 6.07) is 0. The van der Waals surface area contributed by atoms with Crippen LogP contribution in [0, 0.1) is 0 Å². The monoisotopic (exact) mass is 222 g/mol. The topological polar surface area (TPSA) is 83.8 Å². The predicted octanol–water partition coefficient (Wildman–Crippen LogP) is 1.06.